The van der Waals surface area contributed by atoms with Crippen LogP contribution in [0, 0.1) is 17.8 Å². The summed E-state index contributed by atoms with van der Waals surface area (Å²) in [5, 5.41) is 0. The number of hydrogen-bond donors (Lipinski definition) is 0. The molecule has 0 aromatic heterocycles. The van der Waals surface area contributed by atoms with Crippen molar-refractivity contribution in [1.29, 1.82) is 0 Å². The summed E-state index contributed by atoms with van der Waals surface area (Å²) in [5.41, 5.74) is 0. The Morgan fingerprint density at radius 3 is 2.27 bits per heavy atom. The molecule has 8 heteroatoms. The molecule has 4 aliphatic heterocycles. The second kappa shape index (κ2) is 12.3. The lowest BCUT2D eigenvalue weighted by atomic mass is 9.92. The molecule has 0 unspecified atom stereocenters. The van der Waals surface area contributed by atoms with Crippen molar-refractivity contribution in [2.75, 3.05) is 59.5 Å². The van der Waals surface area contributed by atoms with Crippen LogP contribution in [0.2, 0.25) is 0 Å². The highest BCUT2D eigenvalue weighted by molar-refractivity contribution is 5.90. The van der Waals surface area contributed by atoms with Gasteiger partial charge in [-0.05, 0) is 64.6 Å². The maximum atomic E-state index is 14.0. The number of likely N-dealkylation sites (N-methyl/N-ethyl adjacent to an activating group) is 1. The molecule has 4 heterocycles. The van der Waals surface area contributed by atoms with Crippen LogP contribution in [-0.2, 0) is 19.1 Å². The number of piperazine rings is 1. The first-order valence-corrected chi connectivity index (χ1v) is 14.9. The molecule has 0 saturated carbocycles. The Balaban J connectivity index is 1.38. The van der Waals surface area contributed by atoms with E-state index in [-0.39, 0.29) is 23.9 Å². The van der Waals surface area contributed by atoms with Crippen molar-refractivity contribution in [3.63, 3.8) is 0 Å². The van der Waals surface area contributed by atoms with Crippen LogP contribution in [0.5, 0.6) is 0 Å². The molecular weight excluding hydrogens is 468 g/mol. The third kappa shape index (κ3) is 6.87. The topological polar surface area (TPSA) is 65.6 Å². The maximum absolute atomic E-state index is 14.0. The monoisotopic (exact) mass is 520 g/mol. The van der Waals surface area contributed by atoms with Gasteiger partial charge in [0.25, 0.3) is 0 Å². The van der Waals surface area contributed by atoms with Gasteiger partial charge in [-0.3, -0.25) is 14.5 Å². The average Bonchev–Trinajstić information content (AvgIpc) is 3.35. The van der Waals surface area contributed by atoms with Gasteiger partial charge in [-0.2, -0.15) is 0 Å². The number of rotatable bonds is 8. The standard InChI is InChI=1S/C29H52N4O4/c1-21(2)15-25-27(34)33(14-13-30(25)6)26(16-22(3)4)28(35)32-12-9-29(17-23(32)5)36-19-24(20-37-29)18-31-10-7-8-11-31/h21-26H,7-20H2,1-6H3/t23-,24?,25-,26-,29?/m0/s1. The van der Waals surface area contributed by atoms with E-state index in [0.717, 1.165) is 32.7 Å². The van der Waals surface area contributed by atoms with E-state index in [2.05, 4.69) is 44.4 Å². The molecule has 4 rings (SSSR count). The highest BCUT2D eigenvalue weighted by Crippen LogP contribution is 2.36. The lowest BCUT2D eigenvalue weighted by Gasteiger charge is -2.50. The van der Waals surface area contributed by atoms with Gasteiger partial charge < -0.3 is 24.2 Å². The molecule has 1 spiro atoms. The van der Waals surface area contributed by atoms with Gasteiger partial charge in [-0.25, -0.2) is 0 Å². The summed E-state index contributed by atoms with van der Waals surface area (Å²) in [5.74, 6) is 0.826. The van der Waals surface area contributed by atoms with Crippen LogP contribution in [0.15, 0.2) is 0 Å². The zero-order valence-electron chi connectivity index (χ0n) is 24.3. The molecule has 0 bridgehead atoms. The van der Waals surface area contributed by atoms with E-state index in [1.165, 1.54) is 25.9 Å². The van der Waals surface area contributed by atoms with Gasteiger partial charge >= 0.3 is 0 Å². The Hall–Kier alpha value is -1.22. The Morgan fingerprint density at radius 2 is 1.68 bits per heavy atom. The van der Waals surface area contributed by atoms with Crippen LogP contribution < -0.4 is 0 Å². The first-order valence-electron chi connectivity index (χ1n) is 14.9. The van der Waals surface area contributed by atoms with Crippen LogP contribution in [-0.4, -0.2) is 115 Å². The summed E-state index contributed by atoms with van der Waals surface area (Å²) in [6.45, 7) is 17.7. The van der Waals surface area contributed by atoms with Crippen LogP contribution >= 0.6 is 0 Å². The fourth-order valence-corrected chi connectivity index (χ4v) is 6.78. The van der Waals surface area contributed by atoms with Gasteiger partial charge in [0.1, 0.15) is 6.04 Å². The molecule has 212 valence electrons. The summed E-state index contributed by atoms with van der Waals surface area (Å²) in [7, 11) is 2.04. The van der Waals surface area contributed by atoms with Gasteiger partial charge in [0, 0.05) is 51.0 Å². The van der Waals surface area contributed by atoms with Crippen LogP contribution in [0.3, 0.4) is 0 Å². The lowest BCUT2D eigenvalue weighted by molar-refractivity contribution is -0.303. The molecule has 8 nitrogen and oxygen atoms in total. The summed E-state index contributed by atoms with van der Waals surface area (Å²) in [4.78, 5) is 36.3. The van der Waals surface area contributed by atoms with Crippen LogP contribution in [0.4, 0.5) is 0 Å². The lowest BCUT2D eigenvalue weighted by Crippen LogP contribution is -2.64. The second-order valence-electron chi connectivity index (χ2n) is 13.0. The Morgan fingerprint density at radius 1 is 1.00 bits per heavy atom. The molecule has 4 aliphatic rings. The molecule has 0 aromatic rings. The minimum absolute atomic E-state index is 0.0140. The molecule has 0 N–H and O–H groups in total. The zero-order chi connectivity index (χ0) is 26.7. The van der Waals surface area contributed by atoms with E-state index < -0.39 is 11.8 Å². The largest absolute Gasteiger partial charge is 0.349 e. The van der Waals surface area contributed by atoms with Crippen molar-refractivity contribution in [1.82, 2.24) is 19.6 Å². The molecular formula is C29H52N4O4. The third-order valence-corrected chi connectivity index (χ3v) is 8.88. The normalized spacial score (nSPS) is 33.2. The van der Waals surface area contributed by atoms with Crippen LogP contribution in [0.1, 0.15) is 73.1 Å². The van der Waals surface area contributed by atoms with E-state index in [0.29, 0.717) is 50.1 Å². The number of likely N-dealkylation sites (tertiary alicyclic amines) is 2. The van der Waals surface area contributed by atoms with E-state index in [9.17, 15) is 9.59 Å². The second-order valence-corrected chi connectivity index (χ2v) is 13.0. The molecule has 3 atom stereocenters. The van der Waals surface area contributed by atoms with E-state index in [1.807, 2.05) is 16.8 Å². The molecule has 2 amide bonds. The van der Waals surface area contributed by atoms with E-state index in [1.54, 1.807) is 0 Å². The number of amides is 2. The molecule has 0 radical (unpaired) electrons. The fourth-order valence-electron chi connectivity index (χ4n) is 6.78. The predicted molar refractivity (Wildman–Crippen MR) is 145 cm³/mol. The van der Waals surface area contributed by atoms with E-state index >= 15 is 0 Å². The first kappa shape index (κ1) is 28.8. The molecule has 0 aromatic carbocycles. The summed E-state index contributed by atoms with van der Waals surface area (Å²) >= 11 is 0. The van der Waals surface area contributed by atoms with Gasteiger partial charge in [0.2, 0.25) is 11.8 Å². The third-order valence-electron chi connectivity index (χ3n) is 8.88. The number of ether oxygens (including phenoxy) is 2. The first-order chi connectivity index (χ1) is 17.6. The Labute approximate surface area is 225 Å². The minimum Gasteiger partial charge on any atom is -0.349 e. The maximum Gasteiger partial charge on any atom is 0.245 e. The van der Waals surface area contributed by atoms with Gasteiger partial charge in [0.15, 0.2) is 5.79 Å². The summed E-state index contributed by atoms with van der Waals surface area (Å²) < 4.78 is 12.8. The van der Waals surface area contributed by atoms with Crippen molar-refractivity contribution in [3.05, 3.63) is 0 Å². The van der Waals surface area contributed by atoms with Crippen LogP contribution in [0.25, 0.3) is 0 Å². The molecule has 4 fully saturated rings. The van der Waals surface area contributed by atoms with E-state index in [4.69, 9.17) is 9.47 Å². The fraction of sp³-hybridized carbons (Fsp3) is 0.931. The number of carbonyl (C=O) groups is 2. The van der Waals surface area contributed by atoms with Gasteiger partial charge in [-0.1, -0.05) is 27.7 Å². The van der Waals surface area contributed by atoms with Crippen molar-refractivity contribution in [2.45, 2.75) is 97.1 Å². The predicted octanol–water partition coefficient (Wildman–Crippen LogP) is 3.06. The smallest absolute Gasteiger partial charge is 0.245 e. The number of piperidine rings is 1. The van der Waals surface area contributed by atoms with Gasteiger partial charge in [-0.15, -0.1) is 0 Å². The summed E-state index contributed by atoms with van der Waals surface area (Å²) in [6, 6.07) is -0.527. The number of nitrogens with zero attached hydrogens (tertiary/aromatic N) is 4. The molecule has 37 heavy (non-hydrogen) atoms. The quantitative estimate of drug-likeness (QED) is 0.490. The van der Waals surface area contributed by atoms with Crippen molar-refractivity contribution in [3.8, 4) is 0 Å². The van der Waals surface area contributed by atoms with Crippen molar-refractivity contribution >= 4 is 11.8 Å². The highest BCUT2D eigenvalue weighted by atomic mass is 16.7. The van der Waals surface area contributed by atoms with Crippen molar-refractivity contribution in [2.24, 2.45) is 17.8 Å². The highest BCUT2D eigenvalue weighted by Gasteiger charge is 2.47. The Bertz CT molecular complexity index is 776. The average molecular weight is 521 g/mol. The molecule has 0 aliphatic carbocycles. The van der Waals surface area contributed by atoms with Gasteiger partial charge in [0.05, 0.1) is 19.3 Å². The zero-order valence-corrected chi connectivity index (χ0v) is 24.3. The number of carbonyl (C=O) groups excluding carboxylic acids is 2. The van der Waals surface area contributed by atoms with Crippen molar-refractivity contribution < 1.29 is 19.1 Å². The Kier molecular flexibility index (Phi) is 9.58. The minimum atomic E-state index is -0.572. The molecule has 4 saturated heterocycles. The summed E-state index contributed by atoms with van der Waals surface area (Å²) in [6.07, 6.45) is 5.51. The SMILES string of the molecule is CC(C)C[C@H]1C(=O)N([C@@H](CC(C)C)C(=O)N2CCC3(C[C@@H]2C)OCC(CN2CCCC2)CO3)CCN1C. The number of hydrogen-bond acceptors (Lipinski definition) is 6.